The maximum absolute atomic E-state index is 11.1. The predicted octanol–water partition coefficient (Wildman–Crippen LogP) is -0.385. The second-order valence-corrected chi connectivity index (χ2v) is 3.31. The standard InChI is InChI=1S/C8H16N2O3S/c9-4-1-2-7(11)10-6(3-5-14)8(12)13/h6,14H,1-5,9H2,(H,10,11)(H,12,13). The summed E-state index contributed by atoms with van der Waals surface area (Å²) in [7, 11) is 0. The molecule has 4 N–H and O–H groups in total. The zero-order valence-electron chi connectivity index (χ0n) is 7.90. The van der Waals surface area contributed by atoms with E-state index in [2.05, 4.69) is 17.9 Å². The van der Waals surface area contributed by atoms with Gasteiger partial charge in [0.15, 0.2) is 0 Å². The fraction of sp³-hybridized carbons (Fsp3) is 0.750. The Morgan fingerprint density at radius 1 is 1.50 bits per heavy atom. The first-order valence-corrected chi connectivity index (χ1v) is 5.08. The summed E-state index contributed by atoms with van der Waals surface area (Å²) in [6, 6.07) is -0.835. The van der Waals surface area contributed by atoms with Gasteiger partial charge in [0, 0.05) is 6.42 Å². The van der Waals surface area contributed by atoms with E-state index in [-0.39, 0.29) is 12.3 Å². The summed E-state index contributed by atoms with van der Waals surface area (Å²) in [5, 5.41) is 11.1. The Bertz CT molecular complexity index is 199. The third-order valence-corrected chi connectivity index (χ3v) is 1.92. The van der Waals surface area contributed by atoms with Crippen LogP contribution in [0.5, 0.6) is 0 Å². The van der Waals surface area contributed by atoms with Gasteiger partial charge in [0.2, 0.25) is 5.91 Å². The van der Waals surface area contributed by atoms with E-state index in [1.54, 1.807) is 0 Å². The molecule has 82 valence electrons. The number of thiol groups is 1. The van der Waals surface area contributed by atoms with Crippen LogP contribution in [0.2, 0.25) is 0 Å². The summed E-state index contributed by atoms with van der Waals surface area (Å²) in [4.78, 5) is 21.8. The van der Waals surface area contributed by atoms with Gasteiger partial charge in [-0.15, -0.1) is 0 Å². The van der Waals surface area contributed by atoms with Crippen molar-refractivity contribution in [3.63, 3.8) is 0 Å². The molecule has 1 amide bonds. The highest BCUT2D eigenvalue weighted by molar-refractivity contribution is 7.80. The Hall–Kier alpha value is -0.750. The molecule has 0 rings (SSSR count). The van der Waals surface area contributed by atoms with E-state index >= 15 is 0 Å². The normalized spacial score (nSPS) is 12.1. The van der Waals surface area contributed by atoms with Crippen LogP contribution in [0.4, 0.5) is 0 Å². The lowest BCUT2D eigenvalue weighted by Gasteiger charge is -2.12. The van der Waals surface area contributed by atoms with Gasteiger partial charge in [-0.2, -0.15) is 12.6 Å². The topological polar surface area (TPSA) is 92.4 Å². The summed E-state index contributed by atoms with van der Waals surface area (Å²) in [6.07, 6.45) is 1.17. The highest BCUT2D eigenvalue weighted by Crippen LogP contribution is 1.96. The van der Waals surface area contributed by atoms with Crippen molar-refractivity contribution in [2.24, 2.45) is 5.73 Å². The number of rotatable bonds is 7. The molecule has 0 saturated carbocycles. The summed E-state index contributed by atoms with van der Waals surface area (Å²) in [5.41, 5.74) is 5.22. The number of aliphatic carboxylic acids is 1. The number of hydrogen-bond acceptors (Lipinski definition) is 4. The van der Waals surface area contributed by atoms with Crippen LogP contribution in [0.25, 0.3) is 0 Å². The van der Waals surface area contributed by atoms with E-state index in [1.807, 2.05) is 0 Å². The van der Waals surface area contributed by atoms with Gasteiger partial charge in [-0.3, -0.25) is 4.79 Å². The van der Waals surface area contributed by atoms with Crippen molar-refractivity contribution in [3.8, 4) is 0 Å². The minimum atomic E-state index is -1.03. The van der Waals surface area contributed by atoms with Gasteiger partial charge in [0.25, 0.3) is 0 Å². The van der Waals surface area contributed by atoms with Gasteiger partial charge in [0.1, 0.15) is 6.04 Å². The lowest BCUT2D eigenvalue weighted by molar-refractivity contribution is -0.141. The molecule has 0 bridgehead atoms. The molecular weight excluding hydrogens is 204 g/mol. The zero-order chi connectivity index (χ0) is 11.0. The summed E-state index contributed by atoms with van der Waals surface area (Å²) >= 11 is 3.91. The number of carboxylic acid groups (broad SMARTS) is 1. The Morgan fingerprint density at radius 2 is 2.14 bits per heavy atom. The monoisotopic (exact) mass is 220 g/mol. The van der Waals surface area contributed by atoms with Crippen LogP contribution in [0.15, 0.2) is 0 Å². The number of nitrogens with two attached hydrogens (primary N) is 1. The minimum Gasteiger partial charge on any atom is -0.480 e. The van der Waals surface area contributed by atoms with Gasteiger partial charge >= 0.3 is 5.97 Å². The molecule has 0 aromatic carbocycles. The molecule has 1 unspecified atom stereocenters. The number of carboxylic acids is 1. The zero-order valence-corrected chi connectivity index (χ0v) is 8.80. The second-order valence-electron chi connectivity index (χ2n) is 2.86. The van der Waals surface area contributed by atoms with Crippen molar-refractivity contribution in [3.05, 3.63) is 0 Å². The van der Waals surface area contributed by atoms with Gasteiger partial charge in [0.05, 0.1) is 0 Å². The number of nitrogens with one attached hydrogen (secondary N) is 1. The molecule has 0 fully saturated rings. The Kier molecular flexibility index (Phi) is 7.23. The van der Waals surface area contributed by atoms with Crippen LogP contribution in [0, 0.1) is 0 Å². The summed E-state index contributed by atoms with van der Waals surface area (Å²) < 4.78 is 0. The van der Waals surface area contributed by atoms with Gasteiger partial charge in [-0.1, -0.05) is 0 Å². The fourth-order valence-electron chi connectivity index (χ4n) is 0.916. The first-order valence-electron chi connectivity index (χ1n) is 4.45. The minimum absolute atomic E-state index is 0.271. The highest BCUT2D eigenvalue weighted by atomic mass is 32.1. The van der Waals surface area contributed by atoms with Crippen molar-refractivity contribution in [2.45, 2.75) is 25.3 Å². The van der Waals surface area contributed by atoms with Crippen LogP contribution >= 0.6 is 12.6 Å². The van der Waals surface area contributed by atoms with Crippen molar-refractivity contribution in [2.75, 3.05) is 12.3 Å². The van der Waals surface area contributed by atoms with E-state index in [0.717, 1.165) is 0 Å². The summed E-state index contributed by atoms with van der Waals surface area (Å²) in [5.74, 6) is -0.876. The molecule has 5 nitrogen and oxygen atoms in total. The lowest BCUT2D eigenvalue weighted by atomic mass is 10.2. The van der Waals surface area contributed by atoms with Crippen molar-refractivity contribution in [1.29, 1.82) is 0 Å². The molecule has 6 heteroatoms. The van der Waals surface area contributed by atoms with Gasteiger partial charge in [-0.25, -0.2) is 4.79 Å². The molecule has 0 saturated heterocycles. The first kappa shape index (κ1) is 13.2. The van der Waals surface area contributed by atoms with E-state index in [4.69, 9.17) is 10.8 Å². The predicted molar refractivity (Wildman–Crippen MR) is 56.3 cm³/mol. The van der Waals surface area contributed by atoms with Crippen LogP contribution in [0.1, 0.15) is 19.3 Å². The Balaban J connectivity index is 3.90. The molecule has 1 atom stereocenters. The van der Waals surface area contributed by atoms with E-state index in [9.17, 15) is 9.59 Å². The van der Waals surface area contributed by atoms with Crippen LogP contribution in [-0.2, 0) is 9.59 Å². The number of carbonyl (C=O) groups is 2. The van der Waals surface area contributed by atoms with Gasteiger partial charge in [-0.05, 0) is 25.1 Å². The Labute approximate surface area is 88.5 Å². The van der Waals surface area contributed by atoms with E-state index in [1.165, 1.54) is 0 Å². The highest BCUT2D eigenvalue weighted by Gasteiger charge is 2.18. The van der Waals surface area contributed by atoms with Gasteiger partial charge < -0.3 is 16.2 Å². The molecule has 14 heavy (non-hydrogen) atoms. The molecule has 0 aromatic rings. The third-order valence-electron chi connectivity index (χ3n) is 1.66. The molecule has 0 aromatic heterocycles. The Morgan fingerprint density at radius 3 is 2.57 bits per heavy atom. The first-order chi connectivity index (χ1) is 6.61. The van der Waals surface area contributed by atoms with Crippen LogP contribution < -0.4 is 11.1 Å². The largest absolute Gasteiger partial charge is 0.480 e. The number of carbonyl (C=O) groups excluding carboxylic acids is 1. The average Bonchev–Trinajstić information content (AvgIpc) is 2.14. The molecule has 0 aliphatic heterocycles. The molecule has 0 heterocycles. The van der Waals surface area contributed by atoms with Crippen molar-refractivity contribution >= 4 is 24.5 Å². The lowest BCUT2D eigenvalue weighted by Crippen LogP contribution is -2.41. The third kappa shape index (κ3) is 5.82. The second kappa shape index (κ2) is 7.64. The molecule has 0 aliphatic carbocycles. The smallest absolute Gasteiger partial charge is 0.326 e. The molecule has 0 radical (unpaired) electrons. The quantitative estimate of drug-likeness (QED) is 0.440. The molecule has 0 aliphatic rings. The molecule has 0 spiro atoms. The maximum Gasteiger partial charge on any atom is 0.326 e. The van der Waals surface area contributed by atoms with Crippen LogP contribution in [-0.4, -0.2) is 35.3 Å². The summed E-state index contributed by atoms with van der Waals surface area (Å²) in [6.45, 7) is 0.428. The number of hydrogen-bond donors (Lipinski definition) is 4. The van der Waals surface area contributed by atoms with Crippen LogP contribution in [0.3, 0.4) is 0 Å². The average molecular weight is 220 g/mol. The van der Waals surface area contributed by atoms with E-state index in [0.29, 0.717) is 25.1 Å². The van der Waals surface area contributed by atoms with Crippen molar-refractivity contribution in [1.82, 2.24) is 5.32 Å². The SMILES string of the molecule is NCCCC(=O)NC(CCS)C(=O)O. The maximum atomic E-state index is 11.1. The fourth-order valence-corrected chi connectivity index (χ4v) is 1.17. The van der Waals surface area contributed by atoms with Crippen molar-refractivity contribution < 1.29 is 14.7 Å². The number of amides is 1. The van der Waals surface area contributed by atoms with E-state index < -0.39 is 12.0 Å². The molecular formula is C8H16N2O3S.